The van der Waals surface area contributed by atoms with Crippen LogP contribution in [0.5, 0.6) is 5.75 Å². The molecule has 0 aliphatic rings. The molecule has 0 saturated carbocycles. The van der Waals surface area contributed by atoms with Crippen molar-refractivity contribution < 1.29 is 5.11 Å². The molecule has 0 unspecified atom stereocenters. The molecule has 0 heterocycles. The number of nitrogens with zero attached hydrogens (tertiary/aromatic N) is 2. The summed E-state index contributed by atoms with van der Waals surface area (Å²) in [5, 5.41) is 10.4. The van der Waals surface area contributed by atoms with Crippen molar-refractivity contribution >= 4 is 23.0 Å². The summed E-state index contributed by atoms with van der Waals surface area (Å²) in [5.74, 6) is 0.286. The zero-order chi connectivity index (χ0) is 19.4. The molecule has 3 nitrogen and oxygen atoms in total. The molecule has 0 aromatic heterocycles. The highest BCUT2D eigenvalue weighted by Crippen LogP contribution is 2.33. The summed E-state index contributed by atoms with van der Waals surface area (Å²) in [6, 6.07) is 21.9. The van der Waals surface area contributed by atoms with Crippen LogP contribution in [0.2, 0.25) is 5.02 Å². The van der Waals surface area contributed by atoms with Crippen molar-refractivity contribution in [3.8, 4) is 5.75 Å². The lowest BCUT2D eigenvalue weighted by atomic mass is 10.1. The third-order valence-corrected chi connectivity index (χ3v) is 4.83. The number of hydrogen-bond donors (Lipinski definition) is 1. The lowest BCUT2D eigenvalue weighted by molar-refractivity contribution is 0.474. The highest BCUT2D eigenvalue weighted by atomic mass is 35.5. The molecule has 0 saturated heterocycles. The van der Waals surface area contributed by atoms with E-state index in [1.54, 1.807) is 12.1 Å². The van der Waals surface area contributed by atoms with Crippen LogP contribution in [-0.2, 0) is 13.1 Å². The Morgan fingerprint density at radius 1 is 0.778 bits per heavy atom. The van der Waals surface area contributed by atoms with E-state index >= 15 is 0 Å². The van der Waals surface area contributed by atoms with E-state index in [0.717, 1.165) is 28.5 Å². The summed E-state index contributed by atoms with van der Waals surface area (Å²) < 4.78 is 0. The van der Waals surface area contributed by atoms with Crippen LogP contribution in [0.1, 0.15) is 16.7 Å². The molecule has 140 valence electrons. The molecule has 0 aliphatic carbocycles. The predicted molar refractivity (Wildman–Crippen MR) is 115 cm³/mol. The molecule has 0 radical (unpaired) electrons. The van der Waals surface area contributed by atoms with E-state index in [0.29, 0.717) is 6.54 Å². The third-order valence-electron chi connectivity index (χ3n) is 4.59. The summed E-state index contributed by atoms with van der Waals surface area (Å²) in [4.78, 5) is 4.39. The smallest absolute Gasteiger partial charge is 0.115 e. The van der Waals surface area contributed by atoms with E-state index in [1.165, 1.54) is 11.1 Å². The number of rotatable bonds is 6. The first-order valence-electron chi connectivity index (χ1n) is 8.97. The number of phenols is 1. The van der Waals surface area contributed by atoms with Gasteiger partial charge in [0.1, 0.15) is 5.75 Å². The largest absolute Gasteiger partial charge is 0.508 e. The SMILES string of the molecule is Cc1cccc(CN(C)c2cc(Cl)ccc2N(C)Cc2cccc(O)c2)c1. The van der Waals surface area contributed by atoms with Gasteiger partial charge in [-0.25, -0.2) is 0 Å². The van der Waals surface area contributed by atoms with Gasteiger partial charge >= 0.3 is 0 Å². The average molecular weight is 381 g/mol. The first kappa shape index (κ1) is 19.1. The molecule has 0 atom stereocenters. The van der Waals surface area contributed by atoms with Crippen molar-refractivity contribution in [2.24, 2.45) is 0 Å². The maximum absolute atomic E-state index is 9.72. The van der Waals surface area contributed by atoms with E-state index < -0.39 is 0 Å². The molecule has 0 amide bonds. The first-order valence-corrected chi connectivity index (χ1v) is 9.35. The lowest BCUT2D eigenvalue weighted by Gasteiger charge is -2.28. The van der Waals surface area contributed by atoms with Crippen LogP contribution in [0.15, 0.2) is 66.7 Å². The molecule has 27 heavy (non-hydrogen) atoms. The molecule has 0 bridgehead atoms. The van der Waals surface area contributed by atoms with Gasteiger partial charge in [0, 0.05) is 32.2 Å². The Kier molecular flexibility index (Phi) is 5.92. The van der Waals surface area contributed by atoms with Crippen molar-refractivity contribution in [1.82, 2.24) is 0 Å². The van der Waals surface area contributed by atoms with Gasteiger partial charge in [0.15, 0.2) is 0 Å². The van der Waals surface area contributed by atoms with E-state index in [9.17, 15) is 5.11 Å². The number of aromatic hydroxyl groups is 1. The number of aryl methyl sites for hydroxylation is 1. The molecule has 1 N–H and O–H groups in total. The molecule has 0 spiro atoms. The number of benzene rings is 3. The van der Waals surface area contributed by atoms with Crippen molar-refractivity contribution in [2.75, 3.05) is 23.9 Å². The third kappa shape index (κ3) is 4.95. The summed E-state index contributed by atoms with van der Waals surface area (Å²) in [6.07, 6.45) is 0. The van der Waals surface area contributed by atoms with Gasteiger partial charge in [-0.05, 0) is 48.4 Å². The number of phenolic OH excluding ortho intramolecular Hbond substituents is 1. The fourth-order valence-electron chi connectivity index (χ4n) is 3.31. The van der Waals surface area contributed by atoms with Crippen LogP contribution >= 0.6 is 11.6 Å². The Morgan fingerprint density at radius 2 is 1.41 bits per heavy atom. The fourth-order valence-corrected chi connectivity index (χ4v) is 3.47. The highest BCUT2D eigenvalue weighted by molar-refractivity contribution is 6.31. The predicted octanol–water partition coefficient (Wildman–Crippen LogP) is 5.63. The van der Waals surface area contributed by atoms with E-state index in [2.05, 4.69) is 55.1 Å². The van der Waals surface area contributed by atoms with E-state index in [4.69, 9.17) is 11.6 Å². The molecule has 0 fully saturated rings. The van der Waals surface area contributed by atoms with Crippen molar-refractivity contribution in [3.05, 3.63) is 88.4 Å². The summed E-state index contributed by atoms with van der Waals surface area (Å²) >= 11 is 6.30. The maximum Gasteiger partial charge on any atom is 0.115 e. The Labute approximate surface area is 166 Å². The van der Waals surface area contributed by atoms with Gasteiger partial charge in [-0.3, -0.25) is 0 Å². The Balaban J connectivity index is 1.85. The van der Waals surface area contributed by atoms with Gasteiger partial charge in [-0.15, -0.1) is 0 Å². The zero-order valence-electron chi connectivity index (χ0n) is 16.0. The molecule has 3 rings (SSSR count). The monoisotopic (exact) mass is 380 g/mol. The Bertz CT molecular complexity index is 926. The summed E-state index contributed by atoms with van der Waals surface area (Å²) in [5.41, 5.74) is 5.75. The van der Waals surface area contributed by atoms with Crippen LogP contribution in [0, 0.1) is 6.92 Å². The minimum Gasteiger partial charge on any atom is -0.508 e. The van der Waals surface area contributed by atoms with E-state index in [-0.39, 0.29) is 5.75 Å². The Morgan fingerprint density at radius 3 is 2.07 bits per heavy atom. The molecule has 4 heteroatoms. The lowest BCUT2D eigenvalue weighted by Crippen LogP contribution is -2.23. The van der Waals surface area contributed by atoms with Gasteiger partial charge in [0.2, 0.25) is 0 Å². The van der Waals surface area contributed by atoms with Crippen LogP contribution in [-0.4, -0.2) is 19.2 Å². The quantitative estimate of drug-likeness (QED) is 0.600. The number of anilines is 2. The van der Waals surface area contributed by atoms with Crippen molar-refractivity contribution in [1.29, 1.82) is 0 Å². The Hall–Kier alpha value is -2.65. The molecular weight excluding hydrogens is 356 g/mol. The minimum absolute atomic E-state index is 0.286. The molecular formula is C23H25ClN2O. The van der Waals surface area contributed by atoms with Gasteiger partial charge in [0.25, 0.3) is 0 Å². The minimum atomic E-state index is 0.286. The topological polar surface area (TPSA) is 26.7 Å². The van der Waals surface area contributed by atoms with Gasteiger partial charge < -0.3 is 14.9 Å². The summed E-state index contributed by atoms with van der Waals surface area (Å²) in [7, 11) is 4.14. The van der Waals surface area contributed by atoms with Crippen LogP contribution in [0.25, 0.3) is 0 Å². The van der Waals surface area contributed by atoms with Crippen LogP contribution < -0.4 is 9.80 Å². The second-order valence-electron chi connectivity index (χ2n) is 7.00. The number of halogens is 1. The van der Waals surface area contributed by atoms with Gasteiger partial charge in [0.05, 0.1) is 11.4 Å². The van der Waals surface area contributed by atoms with E-state index in [1.807, 2.05) is 30.3 Å². The van der Waals surface area contributed by atoms with Crippen LogP contribution in [0.3, 0.4) is 0 Å². The van der Waals surface area contributed by atoms with Gasteiger partial charge in [-0.1, -0.05) is 53.6 Å². The molecule has 3 aromatic rings. The van der Waals surface area contributed by atoms with Gasteiger partial charge in [-0.2, -0.15) is 0 Å². The normalized spacial score (nSPS) is 10.7. The molecule has 3 aromatic carbocycles. The highest BCUT2D eigenvalue weighted by Gasteiger charge is 2.13. The maximum atomic E-state index is 9.72. The molecule has 0 aliphatic heterocycles. The van der Waals surface area contributed by atoms with Crippen molar-refractivity contribution in [3.63, 3.8) is 0 Å². The fraction of sp³-hybridized carbons (Fsp3) is 0.217. The zero-order valence-corrected chi connectivity index (χ0v) is 16.7. The van der Waals surface area contributed by atoms with Crippen molar-refractivity contribution in [2.45, 2.75) is 20.0 Å². The number of hydrogen-bond acceptors (Lipinski definition) is 3. The first-order chi connectivity index (χ1) is 12.9. The standard InChI is InChI=1S/C23H25ClN2O/c1-17-6-4-7-18(12-17)15-26(3)23-14-20(24)10-11-22(23)25(2)16-19-8-5-9-21(27)13-19/h4-14,27H,15-16H2,1-3H3. The summed E-state index contributed by atoms with van der Waals surface area (Å²) in [6.45, 7) is 3.60. The second-order valence-corrected chi connectivity index (χ2v) is 7.44. The van der Waals surface area contributed by atoms with Crippen LogP contribution in [0.4, 0.5) is 11.4 Å². The average Bonchev–Trinajstić information content (AvgIpc) is 2.61. The second kappa shape index (κ2) is 8.36.